The minimum Gasteiger partial charge on any atom is -0.259 e. The fourth-order valence-corrected chi connectivity index (χ4v) is 0. The molecule has 0 aromatic carbocycles. The first-order valence-corrected chi connectivity index (χ1v) is 0.912. The lowest BCUT2D eigenvalue weighted by atomic mass is 11.1. The maximum absolute atomic E-state index is 8.93. The summed E-state index contributed by atoms with van der Waals surface area (Å²) in [6.07, 6.45) is 0.139. The van der Waals surface area contributed by atoms with Gasteiger partial charge in [0.1, 0.15) is 0 Å². The van der Waals surface area contributed by atoms with Gasteiger partial charge in [-0.1, -0.05) is 0 Å². The van der Waals surface area contributed by atoms with Crippen LogP contribution in [0.15, 0.2) is 6.20 Å². The lowest BCUT2D eigenvalue weighted by Crippen LogP contribution is -1.77. The molecule has 0 aromatic rings. The minimum atomic E-state index is -0.833. The van der Waals surface area contributed by atoms with E-state index in [0.717, 1.165) is 0 Å². The maximum atomic E-state index is 8.93. The van der Waals surface area contributed by atoms with Crippen LogP contribution in [0.25, 0.3) is 0 Å². The highest BCUT2D eigenvalue weighted by Crippen LogP contribution is 1.57. The first kappa shape index (κ1) is 4.14. The molecule has 0 aliphatic carbocycles. The third-order valence-electron chi connectivity index (χ3n) is 0.105. The van der Waals surface area contributed by atoms with Crippen molar-refractivity contribution in [1.82, 2.24) is 0 Å². The first-order chi connectivity index (χ1) is 2.27. The zero-order chi connectivity index (χ0) is 4.28. The Hall–Kier alpha value is -0.860. The van der Waals surface area contributed by atoms with Crippen molar-refractivity contribution in [2.24, 2.45) is 0 Å². The summed E-state index contributed by atoms with van der Waals surface area (Å²) >= 11 is 0. The Kier molecular flexibility index (Phi) is 1.21. The van der Waals surface area contributed by atoms with Gasteiger partial charge in [0, 0.05) is 0 Å². The van der Waals surface area contributed by atoms with Crippen molar-refractivity contribution in [2.45, 2.75) is 0 Å². The molecule has 0 heterocycles. The molecule has 0 aromatic heterocycles. The van der Waals surface area contributed by atoms with Gasteiger partial charge in [0.15, 0.2) is 0 Å². The van der Waals surface area contributed by atoms with E-state index in [0.29, 0.717) is 0 Å². The average molecular weight is 71.0 g/mol. The second kappa shape index (κ2) is 1.46. The van der Waals surface area contributed by atoms with E-state index in [4.69, 9.17) is 16.7 Å². The van der Waals surface area contributed by atoms with Gasteiger partial charge in [0.2, 0.25) is 6.20 Å². The SMILES string of the molecule is [C]=C[N+](=O)[O-]. The molecule has 0 amide bonds. The van der Waals surface area contributed by atoms with Crippen LogP contribution in [0.1, 0.15) is 0 Å². The van der Waals surface area contributed by atoms with Gasteiger partial charge in [-0.25, -0.2) is 0 Å². The van der Waals surface area contributed by atoms with Crippen LogP contribution < -0.4 is 0 Å². The van der Waals surface area contributed by atoms with Crippen molar-refractivity contribution in [2.75, 3.05) is 0 Å². The van der Waals surface area contributed by atoms with Gasteiger partial charge in [0.05, 0.1) is 11.5 Å². The molecule has 2 radical (unpaired) electrons. The van der Waals surface area contributed by atoms with Crippen molar-refractivity contribution >= 4 is 0 Å². The molecular weight excluding hydrogens is 70.0 g/mol. The molecule has 0 fully saturated rings. The minimum absolute atomic E-state index is 0.139. The molecule has 3 heteroatoms. The molecule has 0 saturated heterocycles. The molecule has 3 nitrogen and oxygen atoms in total. The summed E-state index contributed by atoms with van der Waals surface area (Å²) in [5.74, 6) is 0. The number of hydrogen-bond acceptors (Lipinski definition) is 2. The lowest BCUT2D eigenvalue weighted by Gasteiger charge is -1.65. The fraction of sp³-hybridized carbons (Fsp3) is 0. The quantitative estimate of drug-likeness (QED) is 0.324. The molecule has 0 aliphatic heterocycles. The molecule has 0 bridgehead atoms. The topological polar surface area (TPSA) is 43.1 Å². The van der Waals surface area contributed by atoms with Gasteiger partial charge >= 0.3 is 0 Å². The van der Waals surface area contributed by atoms with E-state index in [1.165, 1.54) is 0 Å². The lowest BCUT2D eigenvalue weighted by molar-refractivity contribution is -0.402. The van der Waals surface area contributed by atoms with Crippen LogP contribution in [0.3, 0.4) is 0 Å². The zero-order valence-corrected chi connectivity index (χ0v) is 2.34. The molecule has 0 rings (SSSR count). The molecule has 26 valence electrons. The number of hydrogen-bond donors (Lipinski definition) is 0. The van der Waals surface area contributed by atoms with Gasteiger partial charge < -0.3 is 0 Å². The Morgan fingerprint density at radius 2 is 2.20 bits per heavy atom. The molecule has 0 N–H and O–H groups in total. The van der Waals surface area contributed by atoms with Crippen molar-refractivity contribution in [3.05, 3.63) is 22.9 Å². The fourth-order valence-electron chi connectivity index (χ4n) is 0. The second-order valence-corrected chi connectivity index (χ2v) is 0.414. The highest BCUT2D eigenvalue weighted by molar-refractivity contribution is 4.35. The Morgan fingerprint density at radius 3 is 2.20 bits per heavy atom. The van der Waals surface area contributed by atoms with Crippen LogP contribution in [0.5, 0.6) is 0 Å². The van der Waals surface area contributed by atoms with Crippen LogP contribution in [0.4, 0.5) is 0 Å². The summed E-state index contributed by atoms with van der Waals surface area (Å²) in [6, 6.07) is 0. The van der Waals surface area contributed by atoms with Crippen molar-refractivity contribution in [3.63, 3.8) is 0 Å². The predicted molar refractivity (Wildman–Crippen MR) is 14.8 cm³/mol. The van der Waals surface area contributed by atoms with Crippen LogP contribution in [0.2, 0.25) is 0 Å². The molecule has 0 unspecified atom stereocenters. The Bertz CT molecular complexity index is 58.7. The van der Waals surface area contributed by atoms with E-state index in [-0.39, 0.29) is 6.20 Å². The van der Waals surface area contributed by atoms with Crippen LogP contribution >= 0.6 is 0 Å². The number of rotatable bonds is 1. The number of nitro groups is 1. The molecule has 0 atom stereocenters. The van der Waals surface area contributed by atoms with Crippen molar-refractivity contribution < 1.29 is 4.92 Å². The Morgan fingerprint density at radius 1 is 2.00 bits per heavy atom. The van der Waals surface area contributed by atoms with E-state index < -0.39 is 4.92 Å². The van der Waals surface area contributed by atoms with Crippen LogP contribution in [0, 0.1) is 16.7 Å². The second-order valence-electron chi connectivity index (χ2n) is 0.414. The summed E-state index contributed by atoms with van der Waals surface area (Å²) in [5, 5.41) is 8.93. The monoisotopic (exact) mass is 71.0 g/mol. The van der Waals surface area contributed by atoms with E-state index in [1.807, 2.05) is 0 Å². The molecule has 0 aliphatic rings. The first-order valence-electron chi connectivity index (χ1n) is 0.912. The Labute approximate surface area is 29.1 Å². The zero-order valence-electron chi connectivity index (χ0n) is 2.34. The highest BCUT2D eigenvalue weighted by atomic mass is 16.6. The van der Waals surface area contributed by atoms with Crippen LogP contribution in [-0.2, 0) is 0 Å². The summed E-state index contributed by atoms with van der Waals surface area (Å²) in [7, 11) is 0. The molecule has 5 heavy (non-hydrogen) atoms. The standard InChI is InChI=1S/C2HNO2/c1-2-3(4)5/h2H. The largest absolute Gasteiger partial charge is 0.259 e. The average Bonchev–Trinajstić information content (AvgIpc) is 1.38. The Balaban J connectivity index is 3.20. The van der Waals surface area contributed by atoms with Gasteiger partial charge in [0.25, 0.3) is 0 Å². The summed E-state index contributed by atoms with van der Waals surface area (Å²) in [4.78, 5) is 8.10. The smallest absolute Gasteiger partial charge is 0.243 e. The van der Waals surface area contributed by atoms with Gasteiger partial charge in [-0.3, -0.25) is 10.1 Å². The summed E-state index contributed by atoms with van der Waals surface area (Å²) < 4.78 is 0. The van der Waals surface area contributed by atoms with Crippen LogP contribution in [-0.4, -0.2) is 4.92 Å². The normalized spacial score (nSPS) is 6.40. The molecular formula is C2HNO2. The van der Waals surface area contributed by atoms with E-state index in [9.17, 15) is 0 Å². The number of nitrogens with zero attached hydrogens (tertiary/aromatic N) is 1. The van der Waals surface area contributed by atoms with Crippen molar-refractivity contribution in [3.8, 4) is 0 Å². The third-order valence-corrected chi connectivity index (χ3v) is 0.105. The summed E-state index contributed by atoms with van der Waals surface area (Å²) in [5.41, 5.74) is 0. The van der Waals surface area contributed by atoms with E-state index in [2.05, 4.69) is 0 Å². The highest BCUT2D eigenvalue weighted by Gasteiger charge is 1.70. The van der Waals surface area contributed by atoms with Crippen molar-refractivity contribution in [1.29, 1.82) is 0 Å². The van der Waals surface area contributed by atoms with Gasteiger partial charge in [-0.2, -0.15) is 0 Å². The third kappa shape index (κ3) is 3.14. The summed E-state index contributed by atoms with van der Waals surface area (Å²) in [6.45, 7) is 5.83. The van der Waals surface area contributed by atoms with E-state index >= 15 is 0 Å². The molecule has 0 spiro atoms. The van der Waals surface area contributed by atoms with Gasteiger partial charge in [-0.15, -0.1) is 0 Å². The molecule has 0 saturated carbocycles. The predicted octanol–water partition coefficient (Wildman–Crippen LogP) is 0.0868. The van der Waals surface area contributed by atoms with Gasteiger partial charge in [-0.05, 0) is 0 Å². The maximum Gasteiger partial charge on any atom is 0.243 e. The van der Waals surface area contributed by atoms with E-state index in [1.54, 1.807) is 0 Å².